The lowest BCUT2D eigenvalue weighted by Crippen LogP contribution is -2.32. The van der Waals surface area contributed by atoms with E-state index in [1.165, 1.54) is 18.2 Å². The Balaban J connectivity index is 2.32. The molecule has 128 valence electrons. The van der Waals surface area contributed by atoms with E-state index < -0.39 is 10.0 Å². The zero-order chi connectivity index (χ0) is 17.7. The fraction of sp³-hybridized carbons (Fsp3) is 0.235. The Bertz CT molecular complexity index is 823. The summed E-state index contributed by atoms with van der Waals surface area (Å²) in [5, 5.41) is 2.85. The normalized spacial score (nSPS) is 12.5. The van der Waals surface area contributed by atoms with Gasteiger partial charge in [-0.1, -0.05) is 36.7 Å². The largest absolute Gasteiger partial charge is 0.350 e. The molecule has 5 nitrogen and oxygen atoms in total. The molecule has 0 aliphatic rings. The number of rotatable bonds is 6. The van der Waals surface area contributed by atoms with E-state index in [-0.39, 0.29) is 27.4 Å². The molecule has 2 N–H and O–H groups in total. The van der Waals surface area contributed by atoms with Crippen molar-refractivity contribution in [3.8, 4) is 0 Å². The highest BCUT2D eigenvalue weighted by atomic mass is 35.5. The number of nitrogens with one attached hydrogen (secondary N) is 2. The number of amides is 1. The van der Waals surface area contributed by atoms with E-state index >= 15 is 0 Å². The van der Waals surface area contributed by atoms with Crippen molar-refractivity contribution in [2.45, 2.75) is 31.2 Å². The van der Waals surface area contributed by atoms with Crippen LogP contribution in [-0.4, -0.2) is 20.4 Å². The van der Waals surface area contributed by atoms with Gasteiger partial charge in [-0.05, 0) is 43.7 Å². The number of sulfonamides is 1. The molecule has 0 radical (unpaired) electrons. The van der Waals surface area contributed by atoms with Crippen LogP contribution in [0.1, 0.15) is 30.6 Å². The third-order valence-corrected chi connectivity index (χ3v) is 5.36. The van der Waals surface area contributed by atoms with Gasteiger partial charge in [-0.15, -0.1) is 0 Å². The Morgan fingerprint density at radius 1 is 1.17 bits per heavy atom. The van der Waals surface area contributed by atoms with Gasteiger partial charge in [-0.2, -0.15) is 0 Å². The summed E-state index contributed by atoms with van der Waals surface area (Å²) in [6, 6.07) is 12.7. The third-order valence-electron chi connectivity index (χ3n) is 3.50. The average molecular weight is 367 g/mol. The van der Waals surface area contributed by atoms with Gasteiger partial charge < -0.3 is 5.32 Å². The van der Waals surface area contributed by atoms with Gasteiger partial charge >= 0.3 is 0 Å². The molecule has 0 saturated carbocycles. The van der Waals surface area contributed by atoms with Crippen molar-refractivity contribution in [1.29, 1.82) is 0 Å². The Morgan fingerprint density at radius 3 is 2.46 bits per heavy atom. The van der Waals surface area contributed by atoms with Gasteiger partial charge in [0.25, 0.3) is 15.9 Å². The number of hydrogen-bond acceptors (Lipinski definition) is 3. The highest BCUT2D eigenvalue weighted by Gasteiger charge is 2.20. The minimum atomic E-state index is -3.90. The van der Waals surface area contributed by atoms with Crippen molar-refractivity contribution in [2.75, 3.05) is 4.72 Å². The van der Waals surface area contributed by atoms with Crippen molar-refractivity contribution in [3.63, 3.8) is 0 Å². The zero-order valence-electron chi connectivity index (χ0n) is 13.4. The number of carbonyl (C=O) groups is 1. The van der Waals surface area contributed by atoms with Crippen molar-refractivity contribution in [2.24, 2.45) is 0 Å². The number of para-hydroxylation sites is 1. The topological polar surface area (TPSA) is 75.3 Å². The average Bonchev–Trinajstić information content (AvgIpc) is 2.55. The lowest BCUT2D eigenvalue weighted by molar-refractivity contribution is 0.0939. The third kappa shape index (κ3) is 4.49. The minimum absolute atomic E-state index is 0.00400. The maximum atomic E-state index is 12.5. The maximum Gasteiger partial charge on any atom is 0.263 e. The van der Waals surface area contributed by atoms with Crippen LogP contribution in [0.2, 0.25) is 5.02 Å². The van der Waals surface area contributed by atoms with Crippen molar-refractivity contribution >= 4 is 33.2 Å². The van der Waals surface area contributed by atoms with Crippen LogP contribution in [0.15, 0.2) is 53.4 Å². The molecule has 0 aliphatic carbocycles. The van der Waals surface area contributed by atoms with Crippen LogP contribution in [0.5, 0.6) is 0 Å². The molecule has 0 saturated heterocycles. The fourth-order valence-corrected chi connectivity index (χ4v) is 3.56. The Labute approximate surface area is 147 Å². The van der Waals surface area contributed by atoms with Gasteiger partial charge in [0.2, 0.25) is 0 Å². The monoisotopic (exact) mass is 366 g/mol. The molecule has 2 aromatic rings. The van der Waals surface area contributed by atoms with Crippen LogP contribution in [0.3, 0.4) is 0 Å². The molecule has 0 spiro atoms. The number of benzene rings is 2. The second kappa shape index (κ2) is 7.68. The summed E-state index contributed by atoms with van der Waals surface area (Å²) in [7, 11) is -3.90. The molecule has 7 heteroatoms. The zero-order valence-corrected chi connectivity index (χ0v) is 15.0. The molecule has 0 heterocycles. The quantitative estimate of drug-likeness (QED) is 0.819. The van der Waals surface area contributed by atoms with Crippen LogP contribution in [0.4, 0.5) is 5.69 Å². The molecular formula is C17H19ClN2O3S. The first-order valence-electron chi connectivity index (χ1n) is 7.51. The standard InChI is InChI=1S/C17H19ClN2O3S/c1-3-12(2)19-17(21)13-9-10-15(18)16(11-13)24(22,23)20-14-7-5-4-6-8-14/h4-12,20H,3H2,1-2H3,(H,19,21)/t12-/m0/s1. The summed E-state index contributed by atoms with van der Waals surface area (Å²) >= 11 is 6.03. The predicted octanol–water partition coefficient (Wildman–Crippen LogP) is 3.67. The summed E-state index contributed by atoms with van der Waals surface area (Å²) in [5.74, 6) is -0.336. The molecule has 24 heavy (non-hydrogen) atoms. The molecule has 1 atom stereocenters. The van der Waals surface area contributed by atoms with Crippen molar-refractivity contribution in [1.82, 2.24) is 5.32 Å². The minimum Gasteiger partial charge on any atom is -0.350 e. The number of halogens is 1. The van der Waals surface area contributed by atoms with Gasteiger partial charge in [0.15, 0.2) is 0 Å². The molecule has 0 aliphatic heterocycles. The highest BCUT2D eigenvalue weighted by molar-refractivity contribution is 7.92. The van der Waals surface area contributed by atoms with E-state index in [1.807, 2.05) is 13.8 Å². The molecule has 0 aromatic heterocycles. The van der Waals surface area contributed by atoms with Crippen LogP contribution in [-0.2, 0) is 10.0 Å². The second-order valence-electron chi connectivity index (χ2n) is 5.40. The maximum absolute atomic E-state index is 12.5. The molecular weight excluding hydrogens is 348 g/mol. The first-order chi connectivity index (χ1) is 11.3. The molecule has 1 amide bonds. The smallest absolute Gasteiger partial charge is 0.263 e. The van der Waals surface area contributed by atoms with Crippen LogP contribution in [0, 0.1) is 0 Å². The predicted molar refractivity (Wildman–Crippen MR) is 95.9 cm³/mol. The number of hydrogen-bond donors (Lipinski definition) is 2. The first kappa shape index (κ1) is 18.3. The summed E-state index contributed by atoms with van der Waals surface area (Å²) in [4.78, 5) is 12.1. The van der Waals surface area contributed by atoms with E-state index in [2.05, 4.69) is 10.0 Å². The van der Waals surface area contributed by atoms with E-state index in [0.29, 0.717) is 5.69 Å². The summed E-state index contributed by atoms with van der Waals surface area (Å²) in [6.07, 6.45) is 0.778. The SMILES string of the molecule is CC[C@H](C)NC(=O)c1ccc(Cl)c(S(=O)(=O)Nc2ccccc2)c1. The van der Waals surface area contributed by atoms with Crippen LogP contribution < -0.4 is 10.0 Å². The van der Waals surface area contributed by atoms with E-state index in [1.54, 1.807) is 30.3 Å². The fourth-order valence-electron chi connectivity index (χ4n) is 1.98. The van der Waals surface area contributed by atoms with Gasteiger partial charge in [-0.3, -0.25) is 9.52 Å². The van der Waals surface area contributed by atoms with Crippen molar-refractivity contribution in [3.05, 3.63) is 59.1 Å². The van der Waals surface area contributed by atoms with Gasteiger partial charge in [0.05, 0.1) is 5.02 Å². The van der Waals surface area contributed by atoms with Crippen LogP contribution >= 0.6 is 11.6 Å². The molecule has 0 fully saturated rings. The molecule has 2 aromatic carbocycles. The number of carbonyl (C=O) groups excluding carboxylic acids is 1. The molecule has 2 rings (SSSR count). The van der Waals surface area contributed by atoms with Crippen LogP contribution in [0.25, 0.3) is 0 Å². The summed E-state index contributed by atoms with van der Waals surface area (Å²) in [6.45, 7) is 3.83. The van der Waals surface area contributed by atoms with Gasteiger partial charge in [0.1, 0.15) is 4.90 Å². The first-order valence-corrected chi connectivity index (χ1v) is 9.38. The Hall–Kier alpha value is -2.05. The summed E-state index contributed by atoms with van der Waals surface area (Å²) < 4.78 is 27.5. The Morgan fingerprint density at radius 2 is 1.83 bits per heavy atom. The van der Waals surface area contributed by atoms with Crippen molar-refractivity contribution < 1.29 is 13.2 Å². The highest BCUT2D eigenvalue weighted by Crippen LogP contribution is 2.25. The molecule has 0 bridgehead atoms. The second-order valence-corrected chi connectivity index (χ2v) is 7.46. The molecule has 0 unspecified atom stereocenters. The van der Waals surface area contributed by atoms with E-state index in [0.717, 1.165) is 6.42 Å². The van der Waals surface area contributed by atoms with E-state index in [9.17, 15) is 13.2 Å². The van der Waals surface area contributed by atoms with Gasteiger partial charge in [-0.25, -0.2) is 8.42 Å². The number of anilines is 1. The Kier molecular flexibility index (Phi) is 5.85. The van der Waals surface area contributed by atoms with Gasteiger partial charge in [0, 0.05) is 17.3 Å². The summed E-state index contributed by atoms with van der Waals surface area (Å²) in [5.41, 5.74) is 0.663. The van der Waals surface area contributed by atoms with E-state index in [4.69, 9.17) is 11.6 Å². The lowest BCUT2D eigenvalue weighted by atomic mass is 10.2. The lowest BCUT2D eigenvalue weighted by Gasteiger charge is -2.13.